The van der Waals surface area contributed by atoms with Crippen LogP contribution in [0.5, 0.6) is 0 Å². The fourth-order valence-corrected chi connectivity index (χ4v) is 3.33. The number of ketones is 1. The molecule has 108 valence electrons. The number of carbonyl (C=O) groups is 1. The Morgan fingerprint density at radius 3 is 2.58 bits per heavy atom. The SMILES string of the molecule is CCN(CC)CCCN1CCC(=O)C2=C1CCCC2. The fourth-order valence-electron chi connectivity index (χ4n) is 3.33. The standard InChI is InChI=1S/C16H28N2O/c1-3-17(4-2)11-7-12-18-13-10-16(19)14-8-5-6-9-15(14)18/h3-13H2,1-2H3. The summed E-state index contributed by atoms with van der Waals surface area (Å²) < 4.78 is 0. The molecule has 0 amide bonds. The fraction of sp³-hybridized carbons (Fsp3) is 0.812. The van der Waals surface area contributed by atoms with Crippen molar-refractivity contribution < 1.29 is 4.79 Å². The molecule has 0 radical (unpaired) electrons. The van der Waals surface area contributed by atoms with E-state index in [1.54, 1.807) is 0 Å². The van der Waals surface area contributed by atoms with Gasteiger partial charge < -0.3 is 9.80 Å². The van der Waals surface area contributed by atoms with Gasteiger partial charge >= 0.3 is 0 Å². The molecule has 0 atom stereocenters. The summed E-state index contributed by atoms with van der Waals surface area (Å²) in [4.78, 5) is 16.9. The molecule has 19 heavy (non-hydrogen) atoms. The van der Waals surface area contributed by atoms with Crippen LogP contribution in [0, 0.1) is 0 Å². The van der Waals surface area contributed by atoms with Gasteiger partial charge in [-0.15, -0.1) is 0 Å². The van der Waals surface area contributed by atoms with Crippen molar-refractivity contribution in [2.75, 3.05) is 32.7 Å². The summed E-state index contributed by atoms with van der Waals surface area (Å²) in [5.74, 6) is 0.426. The maximum absolute atomic E-state index is 12.0. The topological polar surface area (TPSA) is 23.6 Å². The molecule has 0 bridgehead atoms. The Kier molecular flexibility index (Phi) is 5.44. The van der Waals surface area contributed by atoms with Gasteiger partial charge in [-0.05, 0) is 51.7 Å². The van der Waals surface area contributed by atoms with Gasteiger partial charge in [0.05, 0.1) is 0 Å². The zero-order valence-electron chi connectivity index (χ0n) is 12.6. The normalized spacial score (nSPS) is 20.2. The third-order valence-corrected chi connectivity index (χ3v) is 4.56. The third kappa shape index (κ3) is 3.59. The molecule has 0 unspecified atom stereocenters. The van der Waals surface area contributed by atoms with Crippen molar-refractivity contribution >= 4 is 5.78 Å². The van der Waals surface area contributed by atoms with E-state index in [0.717, 1.165) is 45.4 Å². The molecule has 0 aromatic heterocycles. The van der Waals surface area contributed by atoms with Gasteiger partial charge in [0.1, 0.15) is 0 Å². The van der Waals surface area contributed by atoms with Crippen molar-refractivity contribution in [3.8, 4) is 0 Å². The minimum atomic E-state index is 0.426. The van der Waals surface area contributed by atoms with Crippen LogP contribution in [0.15, 0.2) is 11.3 Å². The van der Waals surface area contributed by atoms with E-state index in [1.165, 1.54) is 37.1 Å². The molecule has 0 spiro atoms. The van der Waals surface area contributed by atoms with Crippen molar-refractivity contribution in [3.05, 3.63) is 11.3 Å². The third-order valence-electron chi connectivity index (χ3n) is 4.56. The van der Waals surface area contributed by atoms with Crippen molar-refractivity contribution in [3.63, 3.8) is 0 Å². The summed E-state index contributed by atoms with van der Waals surface area (Å²) in [5, 5.41) is 0. The summed E-state index contributed by atoms with van der Waals surface area (Å²) in [6.07, 6.45) is 6.58. The van der Waals surface area contributed by atoms with Crippen molar-refractivity contribution in [2.45, 2.75) is 52.4 Å². The molecule has 0 aromatic rings. The number of rotatable bonds is 6. The van der Waals surface area contributed by atoms with Crippen LogP contribution >= 0.6 is 0 Å². The molecule has 3 heteroatoms. The molecule has 1 aliphatic carbocycles. The van der Waals surface area contributed by atoms with E-state index in [1.807, 2.05) is 0 Å². The highest BCUT2D eigenvalue weighted by atomic mass is 16.1. The van der Waals surface area contributed by atoms with Crippen LogP contribution in [0.1, 0.15) is 52.4 Å². The van der Waals surface area contributed by atoms with Gasteiger partial charge in [0.25, 0.3) is 0 Å². The van der Waals surface area contributed by atoms with Gasteiger partial charge in [-0.25, -0.2) is 0 Å². The van der Waals surface area contributed by atoms with Gasteiger partial charge in [-0.1, -0.05) is 13.8 Å². The summed E-state index contributed by atoms with van der Waals surface area (Å²) in [6.45, 7) is 10.0. The lowest BCUT2D eigenvalue weighted by atomic mass is 9.88. The van der Waals surface area contributed by atoms with Gasteiger partial charge in [0.15, 0.2) is 5.78 Å². The molecular formula is C16H28N2O. The number of hydrogen-bond donors (Lipinski definition) is 0. The number of allylic oxidation sites excluding steroid dienone is 2. The lowest BCUT2D eigenvalue weighted by molar-refractivity contribution is -0.117. The average molecular weight is 264 g/mol. The van der Waals surface area contributed by atoms with E-state index >= 15 is 0 Å². The Hall–Kier alpha value is -0.830. The molecule has 1 aliphatic heterocycles. The van der Waals surface area contributed by atoms with Crippen LogP contribution < -0.4 is 0 Å². The van der Waals surface area contributed by atoms with Crippen molar-refractivity contribution in [2.24, 2.45) is 0 Å². The molecule has 2 aliphatic rings. The van der Waals surface area contributed by atoms with Gasteiger partial charge in [-0.2, -0.15) is 0 Å². The highest BCUT2D eigenvalue weighted by Crippen LogP contribution is 2.32. The largest absolute Gasteiger partial charge is 0.374 e. The number of hydrogen-bond acceptors (Lipinski definition) is 3. The molecular weight excluding hydrogens is 236 g/mol. The second-order valence-corrected chi connectivity index (χ2v) is 5.67. The maximum atomic E-state index is 12.0. The van der Waals surface area contributed by atoms with Crippen LogP contribution in [0.2, 0.25) is 0 Å². The van der Waals surface area contributed by atoms with E-state index in [-0.39, 0.29) is 0 Å². The maximum Gasteiger partial charge on any atom is 0.162 e. The molecule has 1 heterocycles. The Morgan fingerprint density at radius 2 is 1.84 bits per heavy atom. The minimum Gasteiger partial charge on any atom is -0.374 e. The summed E-state index contributed by atoms with van der Waals surface area (Å²) in [6, 6.07) is 0. The number of nitrogens with zero attached hydrogens (tertiary/aromatic N) is 2. The molecule has 2 rings (SSSR count). The highest BCUT2D eigenvalue weighted by Gasteiger charge is 2.27. The smallest absolute Gasteiger partial charge is 0.162 e. The minimum absolute atomic E-state index is 0.426. The van der Waals surface area contributed by atoms with Crippen LogP contribution in [0.3, 0.4) is 0 Å². The predicted octanol–water partition coefficient (Wildman–Crippen LogP) is 2.82. The molecule has 0 saturated heterocycles. The lowest BCUT2D eigenvalue weighted by Crippen LogP contribution is -2.36. The summed E-state index contributed by atoms with van der Waals surface area (Å²) in [7, 11) is 0. The zero-order valence-corrected chi connectivity index (χ0v) is 12.6. The first-order valence-electron chi connectivity index (χ1n) is 7.98. The molecule has 0 aromatic carbocycles. The van der Waals surface area contributed by atoms with Gasteiger partial charge in [0.2, 0.25) is 0 Å². The Labute approximate surface area is 117 Å². The quantitative estimate of drug-likeness (QED) is 0.737. The Bertz CT molecular complexity index is 345. The van der Waals surface area contributed by atoms with E-state index < -0.39 is 0 Å². The second-order valence-electron chi connectivity index (χ2n) is 5.67. The molecule has 0 saturated carbocycles. The second kappa shape index (κ2) is 7.09. The molecule has 0 fully saturated rings. The van der Waals surface area contributed by atoms with Crippen LogP contribution in [-0.4, -0.2) is 48.3 Å². The van der Waals surface area contributed by atoms with E-state index in [2.05, 4.69) is 23.6 Å². The highest BCUT2D eigenvalue weighted by molar-refractivity contribution is 5.97. The Balaban J connectivity index is 1.89. The van der Waals surface area contributed by atoms with E-state index in [4.69, 9.17) is 0 Å². The van der Waals surface area contributed by atoms with E-state index in [9.17, 15) is 4.79 Å². The summed E-state index contributed by atoms with van der Waals surface area (Å²) >= 11 is 0. The zero-order chi connectivity index (χ0) is 13.7. The monoisotopic (exact) mass is 264 g/mol. The first-order chi connectivity index (χ1) is 9.26. The van der Waals surface area contributed by atoms with E-state index in [0.29, 0.717) is 5.78 Å². The lowest BCUT2D eigenvalue weighted by Gasteiger charge is -2.36. The number of Topliss-reactive ketones (excluding diaryl/α,β-unsaturated/α-hetero) is 1. The first kappa shape index (κ1) is 14.6. The van der Waals surface area contributed by atoms with Gasteiger partial charge in [0, 0.05) is 30.8 Å². The van der Waals surface area contributed by atoms with Crippen LogP contribution in [0.25, 0.3) is 0 Å². The molecule has 3 nitrogen and oxygen atoms in total. The molecule has 0 N–H and O–H groups in total. The van der Waals surface area contributed by atoms with Gasteiger partial charge in [-0.3, -0.25) is 4.79 Å². The van der Waals surface area contributed by atoms with Crippen LogP contribution in [0.4, 0.5) is 0 Å². The Morgan fingerprint density at radius 1 is 1.11 bits per heavy atom. The predicted molar refractivity (Wildman–Crippen MR) is 79.1 cm³/mol. The van der Waals surface area contributed by atoms with Crippen molar-refractivity contribution in [1.29, 1.82) is 0 Å². The average Bonchev–Trinajstić information content (AvgIpc) is 2.46. The summed E-state index contributed by atoms with van der Waals surface area (Å²) in [5.41, 5.74) is 2.56. The van der Waals surface area contributed by atoms with Crippen molar-refractivity contribution in [1.82, 2.24) is 9.80 Å². The first-order valence-corrected chi connectivity index (χ1v) is 7.98. The van der Waals surface area contributed by atoms with Crippen LogP contribution in [-0.2, 0) is 4.79 Å². The number of carbonyl (C=O) groups excluding carboxylic acids is 1.